The Labute approximate surface area is 84.2 Å². The molecule has 0 bridgehead atoms. The third-order valence-electron chi connectivity index (χ3n) is 2.47. The Morgan fingerprint density at radius 2 is 2.00 bits per heavy atom. The molecule has 0 aromatic carbocycles. The fourth-order valence-corrected chi connectivity index (χ4v) is 1.70. The summed E-state index contributed by atoms with van der Waals surface area (Å²) >= 11 is 0. The smallest absolute Gasteiger partial charge is 0.186 e. The first kappa shape index (κ1) is 11.9. The molecule has 0 spiro atoms. The van der Waals surface area contributed by atoms with Gasteiger partial charge in [0, 0.05) is 6.61 Å². The Bertz CT molecular complexity index is 146. The van der Waals surface area contributed by atoms with Crippen molar-refractivity contribution >= 4 is 0 Å². The lowest BCUT2D eigenvalue weighted by molar-refractivity contribution is -0.184. The summed E-state index contributed by atoms with van der Waals surface area (Å²) in [6.07, 6.45) is 2.21. The van der Waals surface area contributed by atoms with Crippen LogP contribution in [-0.2, 0) is 9.47 Å². The summed E-state index contributed by atoms with van der Waals surface area (Å²) in [6, 6.07) is 0. The molecule has 1 saturated carbocycles. The third kappa shape index (κ3) is 3.90. The minimum Gasteiger partial charge on any atom is -0.393 e. The highest BCUT2D eigenvalue weighted by Gasteiger charge is 2.23. The molecule has 0 radical (unpaired) electrons. The van der Waals surface area contributed by atoms with Crippen molar-refractivity contribution in [3.8, 4) is 0 Å². The SMILES string of the molecule is CCOC(CF)OC1CCC(O)CC1. The molecule has 1 N–H and O–H groups in total. The van der Waals surface area contributed by atoms with Gasteiger partial charge in [0.15, 0.2) is 6.29 Å². The Morgan fingerprint density at radius 3 is 2.50 bits per heavy atom. The van der Waals surface area contributed by atoms with E-state index in [1.165, 1.54) is 0 Å². The number of alkyl halides is 1. The molecule has 14 heavy (non-hydrogen) atoms. The minimum absolute atomic E-state index is 0.0469. The summed E-state index contributed by atoms with van der Waals surface area (Å²) in [5, 5.41) is 9.26. The van der Waals surface area contributed by atoms with Crippen LogP contribution in [0.15, 0.2) is 0 Å². The maximum absolute atomic E-state index is 12.4. The van der Waals surface area contributed by atoms with E-state index in [4.69, 9.17) is 9.47 Å². The van der Waals surface area contributed by atoms with Gasteiger partial charge in [-0.15, -0.1) is 0 Å². The second-order valence-corrected chi connectivity index (χ2v) is 3.61. The Hall–Kier alpha value is -0.190. The van der Waals surface area contributed by atoms with E-state index in [0.717, 1.165) is 25.7 Å². The van der Waals surface area contributed by atoms with Crippen LogP contribution in [0.25, 0.3) is 0 Å². The van der Waals surface area contributed by atoms with Crippen molar-refractivity contribution in [3.63, 3.8) is 0 Å². The van der Waals surface area contributed by atoms with Gasteiger partial charge in [0.25, 0.3) is 0 Å². The molecule has 1 atom stereocenters. The fraction of sp³-hybridized carbons (Fsp3) is 1.00. The van der Waals surface area contributed by atoms with Gasteiger partial charge < -0.3 is 14.6 Å². The molecule has 1 fully saturated rings. The van der Waals surface area contributed by atoms with Gasteiger partial charge in [-0.2, -0.15) is 0 Å². The lowest BCUT2D eigenvalue weighted by Gasteiger charge is -2.28. The molecule has 1 rings (SSSR count). The maximum atomic E-state index is 12.4. The zero-order valence-corrected chi connectivity index (χ0v) is 8.62. The van der Waals surface area contributed by atoms with Gasteiger partial charge in [-0.25, -0.2) is 4.39 Å². The van der Waals surface area contributed by atoms with Gasteiger partial charge in [0.2, 0.25) is 0 Å². The maximum Gasteiger partial charge on any atom is 0.186 e. The number of halogens is 1. The van der Waals surface area contributed by atoms with E-state index >= 15 is 0 Å². The zero-order chi connectivity index (χ0) is 10.4. The molecule has 0 amide bonds. The number of aliphatic hydroxyl groups is 1. The number of rotatable bonds is 5. The highest BCUT2D eigenvalue weighted by Crippen LogP contribution is 2.22. The Kier molecular flexibility index (Phi) is 5.37. The highest BCUT2D eigenvalue weighted by molar-refractivity contribution is 4.71. The van der Waals surface area contributed by atoms with E-state index in [1.807, 2.05) is 6.92 Å². The van der Waals surface area contributed by atoms with Crippen molar-refractivity contribution < 1.29 is 19.0 Å². The first-order valence-corrected chi connectivity index (χ1v) is 5.27. The third-order valence-corrected chi connectivity index (χ3v) is 2.47. The molecule has 0 heterocycles. The second kappa shape index (κ2) is 6.32. The largest absolute Gasteiger partial charge is 0.393 e. The predicted molar refractivity (Wildman–Crippen MR) is 50.7 cm³/mol. The van der Waals surface area contributed by atoms with Gasteiger partial charge in [-0.3, -0.25) is 0 Å². The van der Waals surface area contributed by atoms with Crippen LogP contribution >= 0.6 is 0 Å². The van der Waals surface area contributed by atoms with Crippen molar-refractivity contribution in [2.45, 2.75) is 51.1 Å². The van der Waals surface area contributed by atoms with Crippen molar-refractivity contribution in [3.05, 3.63) is 0 Å². The molecule has 0 aliphatic heterocycles. The topological polar surface area (TPSA) is 38.7 Å². The molecule has 0 saturated heterocycles. The van der Waals surface area contributed by atoms with E-state index in [-0.39, 0.29) is 12.2 Å². The molecule has 3 nitrogen and oxygen atoms in total. The van der Waals surface area contributed by atoms with Crippen molar-refractivity contribution in [2.75, 3.05) is 13.3 Å². The molecular weight excluding hydrogens is 187 g/mol. The van der Waals surface area contributed by atoms with Crippen molar-refractivity contribution in [1.29, 1.82) is 0 Å². The van der Waals surface area contributed by atoms with Crippen LogP contribution in [0.2, 0.25) is 0 Å². The molecule has 84 valence electrons. The summed E-state index contributed by atoms with van der Waals surface area (Å²) < 4.78 is 22.9. The first-order chi connectivity index (χ1) is 6.76. The number of aliphatic hydroxyl groups excluding tert-OH is 1. The molecule has 1 aliphatic rings. The van der Waals surface area contributed by atoms with E-state index in [1.54, 1.807) is 0 Å². The Morgan fingerprint density at radius 1 is 1.36 bits per heavy atom. The van der Waals surface area contributed by atoms with Gasteiger partial charge in [0.1, 0.15) is 6.67 Å². The average molecular weight is 206 g/mol. The lowest BCUT2D eigenvalue weighted by atomic mass is 9.95. The van der Waals surface area contributed by atoms with Gasteiger partial charge in [-0.1, -0.05) is 0 Å². The quantitative estimate of drug-likeness (QED) is 0.695. The number of hydrogen-bond acceptors (Lipinski definition) is 3. The van der Waals surface area contributed by atoms with Crippen molar-refractivity contribution in [2.24, 2.45) is 0 Å². The first-order valence-electron chi connectivity index (χ1n) is 5.27. The zero-order valence-electron chi connectivity index (χ0n) is 8.62. The minimum atomic E-state index is -0.722. The van der Waals surface area contributed by atoms with Crippen LogP contribution in [-0.4, -0.2) is 36.9 Å². The van der Waals surface area contributed by atoms with E-state index in [0.29, 0.717) is 6.61 Å². The van der Waals surface area contributed by atoms with E-state index in [9.17, 15) is 9.50 Å². The normalized spacial score (nSPS) is 30.2. The standard InChI is InChI=1S/C10H19FO3/c1-2-13-10(7-11)14-9-5-3-8(12)4-6-9/h8-10,12H,2-7H2,1H3. The molecule has 4 heteroatoms. The van der Waals surface area contributed by atoms with Crippen LogP contribution in [0.5, 0.6) is 0 Å². The van der Waals surface area contributed by atoms with E-state index in [2.05, 4.69) is 0 Å². The van der Waals surface area contributed by atoms with Crippen LogP contribution in [0.3, 0.4) is 0 Å². The van der Waals surface area contributed by atoms with Crippen LogP contribution in [0.1, 0.15) is 32.6 Å². The number of ether oxygens (including phenoxy) is 2. The van der Waals surface area contributed by atoms with Crippen LogP contribution in [0, 0.1) is 0 Å². The van der Waals surface area contributed by atoms with Gasteiger partial charge in [0.05, 0.1) is 12.2 Å². The summed E-state index contributed by atoms with van der Waals surface area (Å²) in [5.41, 5.74) is 0. The van der Waals surface area contributed by atoms with Gasteiger partial charge in [-0.05, 0) is 32.6 Å². The number of hydrogen-bond donors (Lipinski definition) is 1. The van der Waals surface area contributed by atoms with Crippen LogP contribution < -0.4 is 0 Å². The van der Waals surface area contributed by atoms with E-state index < -0.39 is 13.0 Å². The second-order valence-electron chi connectivity index (χ2n) is 3.61. The lowest BCUT2D eigenvalue weighted by Crippen LogP contribution is -2.31. The fourth-order valence-electron chi connectivity index (χ4n) is 1.70. The molecule has 1 aliphatic carbocycles. The predicted octanol–water partition coefficient (Wildman–Crippen LogP) is 1.64. The summed E-state index contributed by atoms with van der Waals surface area (Å²) in [4.78, 5) is 0. The Balaban J connectivity index is 2.21. The molecule has 0 aromatic rings. The van der Waals surface area contributed by atoms with Gasteiger partial charge >= 0.3 is 0 Å². The average Bonchev–Trinajstić information content (AvgIpc) is 2.20. The van der Waals surface area contributed by atoms with Crippen LogP contribution in [0.4, 0.5) is 4.39 Å². The summed E-state index contributed by atoms with van der Waals surface area (Å²) in [5.74, 6) is 0. The molecule has 1 unspecified atom stereocenters. The molecular formula is C10H19FO3. The van der Waals surface area contributed by atoms with Crippen molar-refractivity contribution in [1.82, 2.24) is 0 Å². The summed E-state index contributed by atoms with van der Waals surface area (Å²) in [7, 11) is 0. The highest BCUT2D eigenvalue weighted by atomic mass is 19.1. The summed E-state index contributed by atoms with van der Waals surface area (Å²) in [6.45, 7) is 1.67. The monoisotopic (exact) mass is 206 g/mol. The molecule has 0 aromatic heterocycles.